The maximum atomic E-state index is 5.75. The number of nitrogen functional groups attached to an aromatic ring is 1. The molecule has 0 aliphatic carbocycles. The number of rotatable bonds is 3. The summed E-state index contributed by atoms with van der Waals surface area (Å²) in [5, 5.41) is 0. The third-order valence-corrected chi connectivity index (χ3v) is 2.52. The zero-order valence-electron chi connectivity index (χ0n) is 10.1. The van der Waals surface area contributed by atoms with Gasteiger partial charge in [0.25, 0.3) is 0 Å². The van der Waals surface area contributed by atoms with Gasteiger partial charge in [0, 0.05) is 11.8 Å². The standard InChI is InChI=1S/C14H16N2O/c1-10-6-11(2)8-13(7-10)17-9-12-4-3-5-16-14(12)15/h3-8H,9H2,1-2H3,(H2,15,16). The Morgan fingerprint density at radius 2 is 1.88 bits per heavy atom. The molecular formula is C14H16N2O. The molecule has 1 aromatic heterocycles. The van der Waals surface area contributed by atoms with E-state index in [-0.39, 0.29) is 0 Å². The minimum absolute atomic E-state index is 0.447. The van der Waals surface area contributed by atoms with Crippen LogP contribution >= 0.6 is 0 Å². The maximum absolute atomic E-state index is 5.75. The summed E-state index contributed by atoms with van der Waals surface area (Å²) in [6.45, 7) is 4.55. The van der Waals surface area contributed by atoms with Crippen molar-refractivity contribution in [1.82, 2.24) is 4.98 Å². The molecule has 1 aromatic carbocycles. The SMILES string of the molecule is Cc1cc(C)cc(OCc2cccnc2N)c1. The summed E-state index contributed by atoms with van der Waals surface area (Å²) >= 11 is 0. The number of aromatic nitrogens is 1. The van der Waals surface area contributed by atoms with Crippen molar-refractivity contribution in [3.05, 3.63) is 53.2 Å². The van der Waals surface area contributed by atoms with Crippen LogP contribution in [0.4, 0.5) is 5.82 Å². The Labute approximate surface area is 101 Å². The van der Waals surface area contributed by atoms with E-state index in [4.69, 9.17) is 10.5 Å². The van der Waals surface area contributed by atoms with Crippen molar-refractivity contribution in [2.45, 2.75) is 20.5 Å². The highest BCUT2D eigenvalue weighted by molar-refractivity contribution is 5.39. The fourth-order valence-corrected chi connectivity index (χ4v) is 1.75. The summed E-state index contributed by atoms with van der Waals surface area (Å²) in [6.07, 6.45) is 1.68. The molecule has 0 aliphatic rings. The highest BCUT2D eigenvalue weighted by Gasteiger charge is 2.01. The lowest BCUT2D eigenvalue weighted by atomic mass is 10.1. The van der Waals surface area contributed by atoms with Gasteiger partial charge in [0.2, 0.25) is 0 Å². The molecule has 17 heavy (non-hydrogen) atoms. The van der Waals surface area contributed by atoms with Crippen LogP contribution in [0.2, 0.25) is 0 Å². The van der Waals surface area contributed by atoms with Gasteiger partial charge in [-0.1, -0.05) is 12.1 Å². The predicted molar refractivity (Wildman–Crippen MR) is 68.9 cm³/mol. The van der Waals surface area contributed by atoms with Gasteiger partial charge < -0.3 is 10.5 Å². The number of nitrogens with zero attached hydrogens (tertiary/aromatic N) is 1. The van der Waals surface area contributed by atoms with Gasteiger partial charge in [-0.2, -0.15) is 0 Å². The van der Waals surface area contributed by atoms with E-state index in [1.165, 1.54) is 11.1 Å². The summed E-state index contributed by atoms with van der Waals surface area (Å²) in [6, 6.07) is 9.92. The first-order chi connectivity index (χ1) is 8.15. The number of anilines is 1. The quantitative estimate of drug-likeness (QED) is 0.878. The summed E-state index contributed by atoms with van der Waals surface area (Å²) in [4.78, 5) is 4.02. The number of benzene rings is 1. The van der Waals surface area contributed by atoms with Crippen molar-refractivity contribution >= 4 is 5.82 Å². The minimum Gasteiger partial charge on any atom is -0.489 e. The molecule has 3 heteroatoms. The molecule has 0 saturated carbocycles. The van der Waals surface area contributed by atoms with Gasteiger partial charge in [0.05, 0.1) is 0 Å². The third kappa shape index (κ3) is 2.97. The van der Waals surface area contributed by atoms with Crippen LogP contribution < -0.4 is 10.5 Å². The molecule has 0 radical (unpaired) electrons. The molecule has 0 bridgehead atoms. The minimum atomic E-state index is 0.447. The molecule has 2 rings (SSSR count). The normalized spacial score (nSPS) is 10.2. The van der Waals surface area contributed by atoms with E-state index < -0.39 is 0 Å². The van der Waals surface area contributed by atoms with Gasteiger partial charge >= 0.3 is 0 Å². The predicted octanol–water partition coefficient (Wildman–Crippen LogP) is 2.86. The average Bonchev–Trinajstić information content (AvgIpc) is 2.27. The first-order valence-electron chi connectivity index (χ1n) is 5.55. The maximum Gasteiger partial charge on any atom is 0.129 e. The van der Waals surface area contributed by atoms with Gasteiger partial charge in [-0.3, -0.25) is 0 Å². The van der Waals surface area contributed by atoms with Crippen LogP contribution in [-0.4, -0.2) is 4.98 Å². The van der Waals surface area contributed by atoms with Gasteiger partial charge in [-0.25, -0.2) is 4.98 Å². The fourth-order valence-electron chi connectivity index (χ4n) is 1.75. The Morgan fingerprint density at radius 1 is 1.18 bits per heavy atom. The van der Waals surface area contributed by atoms with Crippen molar-refractivity contribution in [3.8, 4) is 5.75 Å². The second-order valence-electron chi connectivity index (χ2n) is 4.16. The van der Waals surface area contributed by atoms with Crippen molar-refractivity contribution in [1.29, 1.82) is 0 Å². The zero-order chi connectivity index (χ0) is 12.3. The summed E-state index contributed by atoms with van der Waals surface area (Å²) in [5.74, 6) is 1.39. The molecule has 0 unspecified atom stereocenters. The second kappa shape index (κ2) is 4.87. The summed E-state index contributed by atoms with van der Waals surface area (Å²) in [7, 11) is 0. The largest absolute Gasteiger partial charge is 0.489 e. The molecule has 0 amide bonds. The van der Waals surface area contributed by atoms with Crippen LogP contribution in [0.1, 0.15) is 16.7 Å². The van der Waals surface area contributed by atoms with Crippen LogP contribution in [0.5, 0.6) is 5.75 Å². The van der Waals surface area contributed by atoms with E-state index in [1.54, 1.807) is 6.20 Å². The molecule has 0 saturated heterocycles. The van der Waals surface area contributed by atoms with E-state index in [9.17, 15) is 0 Å². The summed E-state index contributed by atoms with van der Waals surface area (Å²) in [5.41, 5.74) is 9.05. The van der Waals surface area contributed by atoms with Gasteiger partial charge in [-0.05, 0) is 43.2 Å². The fraction of sp³-hybridized carbons (Fsp3) is 0.214. The first kappa shape index (κ1) is 11.5. The molecule has 1 heterocycles. The van der Waals surface area contributed by atoms with Crippen molar-refractivity contribution < 1.29 is 4.74 Å². The van der Waals surface area contributed by atoms with Crippen LogP contribution in [0.15, 0.2) is 36.5 Å². The van der Waals surface area contributed by atoms with Crippen LogP contribution in [0.25, 0.3) is 0 Å². The highest BCUT2D eigenvalue weighted by atomic mass is 16.5. The van der Waals surface area contributed by atoms with E-state index >= 15 is 0 Å². The monoisotopic (exact) mass is 228 g/mol. The number of hydrogen-bond acceptors (Lipinski definition) is 3. The molecule has 3 nitrogen and oxygen atoms in total. The topological polar surface area (TPSA) is 48.1 Å². The number of ether oxygens (including phenoxy) is 1. The number of hydrogen-bond donors (Lipinski definition) is 1. The lowest BCUT2D eigenvalue weighted by Gasteiger charge is -2.09. The molecule has 0 fully saturated rings. The van der Waals surface area contributed by atoms with Crippen molar-refractivity contribution in [2.75, 3.05) is 5.73 Å². The second-order valence-corrected chi connectivity index (χ2v) is 4.16. The lowest BCUT2D eigenvalue weighted by molar-refractivity contribution is 0.306. The van der Waals surface area contributed by atoms with Gasteiger partial charge in [-0.15, -0.1) is 0 Å². The molecule has 0 atom stereocenters. The molecule has 2 aromatic rings. The zero-order valence-corrected chi connectivity index (χ0v) is 10.1. The lowest BCUT2D eigenvalue weighted by Crippen LogP contribution is -2.02. The van der Waals surface area contributed by atoms with E-state index in [1.807, 2.05) is 24.3 Å². The Kier molecular flexibility index (Phi) is 3.28. The Balaban J connectivity index is 2.10. The van der Waals surface area contributed by atoms with Crippen LogP contribution in [0.3, 0.4) is 0 Å². The molecular weight excluding hydrogens is 212 g/mol. The van der Waals surface area contributed by atoms with Crippen molar-refractivity contribution in [3.63, 3.8) is 0 Å². The first-order valence-corrected chi connectivity index (χ1v) is 5.55. The third-order valence-electron chi connectivity index (χ3n) is 2.52. The number of nitrogens with two attached hydrogens (primary N) is 1. The van der Waals surface area contributed by atoms with Gasteiger partial charge in [0.15, 0.2) is 0 Å². The van der Waals surface area contributed by atoms with E-state index in [0.29, 0.717) is 12.4 Å². The number of pyridine rings is 1. The molecule has 0 aliphatic heterocycles. The molecule has 88 valence electrons. The highest BCUT2D eigenvalue weighted by Crippen LogP contribution is 2.18. The smallest absolute Gasteiger partial charge is 0.129 e. The van der Waals surface area contributed by atoms with E-state index in [0.717, 1.165) is 11.3 Å². The van der Waals surface area contributed by atoms with Crippen molar-refractivity contribution in [2.24, 2.45) is 0 Å². The Bertz CT molecular complexity index is 503. The number of aryl methyl sites for hydroxylation is 2. The van der Waals surface area contributed by atoms with E-state index in [2.05, 4.69) is 24.9 Å². The Hall–Kier alpha value is -2.03. The average molecular weight is 228 g/mol. The van der Waals surface area contributed by atoms with Gasteiger partial charge in [0.1, 0.15) is 18.2 Å². The summed E-state index contributed by atoms with van der Waals surface area (Å²) < 4.78 is 5.71. The molecule has 2 N–H and O–H groups in total. The van der Waals surface area contributed by atoms with Crippen LogP contribution in [-0.2, 0) is 6.61 Å². The molecule has 0 spiro atoms. The van der Waals surface area contributed by atoms with Crippen LogP contribution in [0, 0.1) is 13.8 Å². The Morgan fingerprint density at radius 3 is 2.53 bits per heavy atom.